The smallest absolute Gasteiger partial charge is 0.251 e. The van der Waals surface area contributed by atoms with E-state index >= 15 is 0 Å². The van der Waals surface area contributed by atoms with E-state index in [1.165, 1.54) is 6.92 Å². The summed E-state index contributed by atoms with van der Waals surface area (Å²) in [5.41, 5.74) is 8.04. The molecule has 0 atom stereocenters. The summed E-state index contributed by atoms with van der Waals surface area (Å²) in [7, 11) is 0. The van der Waals surface area contributed by atoms with E-state index in [4.69, 9.17) is 5.73 Å². The molecule has 1 aromatic rings. The minimum absolute atomic E-state index is 0.123. The lowest BCUT2D eigenvalue weighted by molar-refractivity contribution is -0.137. The van der Waals surface area contributed by atoms with Crippen molar-refractivity contribution in [1.82, 2.24) is 10.2 Å². The van der Waals surface area contributed by atoms with Crippen LogP contribution in [0.2, 0.25) is 0 Å². The molecular formula is C25H37N5O3. The fourth-order valence-corrected chi connectivity index (χ4v) is 5.07. The van der Waals surface area contributed by atoms with Crippen LogP contribution in [-0.4, -0.2) is 60.9 Å². The van der Waals surface area contributed by atoms with Gasteiger partial charge in [-0.25, -0.2) is 0 Å². The number of carbonyl (C=O) groups is 3. The number of nitrogens with two attached hydrogens (primary N) is 1. The highest BCUT2D eigenvalue weighted by Crippen LogP contribution is 2.31. The molecule has 3 aliphatic rings. The van der Waals surface area contributed by atoms with Crippen LogP contribution < -0.4 is 21.3 Å². The van der Waals surface area contributed by atoms with E-state index in [1.54, 1.807) is 6.07 Å². The number of hydrogen-bond donors (Lipinski definition) is 3. The highest BCUT2D eigenvalue weighted by Gasteiger charge is 2.30. The van der Waals surface area contributed by atoms with E-state index in [0.29, 0.717) is 30.2 Å². The highest BCUT2D eigenvalue weighted by molar-refractivity contribution is 5.99. The lowest BCUT2D eigenvalue weighted by Crippen LogP contribution is -2.41. The van der Waals surface area contributed by atoms with Crippen LogP contribution in [0.25, 0.3) is 0 Å². The second kappa shape index (κ2) is 10.5. The van der Waals surface area contributed by atoms with E-state index < -0.39 is 0 Å². The summed E-state index contributed by atoms with van der Waals surface area (Å²) in [5.74, 6) is 0.207. The van der Waals surface area contributed by atoms with Gasteiger partial charge in [0.1, 0.15) is 0 Å². The molecule has 33 heavy (non-hydrogen) atoms. The quantitative estimate of drug-likeness (QED) is 0.632. The molecule has 4 N–H and O–H groups in total. The van der Waals surface area contributed by atoms with Crippen LogP contribution in [0.15, 0.2) is 18.2 Å². The molecule has 2 aliphatic carbocycles. The monoisotopic (exact) mass is 455 g/mol. The van der Waals surface area contributed by atoms with Crippen LogP contribution in [0.5, 0.6) is 0 Å². The van der Waals surface area contributed by atoms with Crippen molar-refractivity contribution in [2.45, 2.75) is 70.4 Å². The van der Waals surface area contributed by atoms with E-state index in [9.17, 15) is 14.4 Å². The molecule has 1 aliphatic heterocycles. The van der Waals surface area contributed by atoms with Gasteiger partial charge in [0.25, 0.3) is 5.91 Å². The molecule has 1 saturated heterocycles. The second-order valence-corrected chi connectivity index (χ2v) is 9.79. The molecule has 2 saturated carbocycles. The minimum Gasteiger partial charge on any atom is -0.368 e. The fourth-order valence-electron chi connectivity index (χ4n) is 5.07. The molecule has 1 aromatic carbocycles. The largest absolute Gasteiger partial charge is 0.368 e. The van der Waals surface area contributed by atoms with Gasteiger partial charge in [-0.3, -0.25) is 14.4 Å². The minimum atomic E-state index is -0.174. The van der Waals surface area contributed by atoms with Gasteiger partial charge in [0.2, 0.25) is 11.8 Å². The summed E-state index contributed by atoms with van der Waals surface area (Å²) in [4.78, 5) is 41.7. The molecule has 8 nitrogen and oxygen atoms in total. The van der Waals surface area contributed by atoms with Crippen molar-refractivity contribution in [3.63, 3.8) is 0 Å². The number of carbonyl (C=O) groups excluding carboxylic acids is 3. The maximum atomic E-state index is 12.9. The Balaban J connectivity index is 1.45. The fraction of sp³-hybridized carbons (Fsp3) is 0.640. The predicted octanol–water partition coefficient (Wildman–Crippen LogP) is 2.48. The normalized spacial score (nSPS) is 23.9. The third-order valence-corrected chi connectivity index (χ3v) is 7.28. The number of rotatable bonds is 5. The van der Waals surface area contributed by atoms with Gasteiger partial charge in [0.05, 0.1) is 11.4 Å². The van der Waals surface area contributed by atoms with Gasteiger partial charge in [-0.1, -0.05) is 6.42 Å². The van der Waals surface area contributed by atoms with Crippen LogP contribution in [0.3, 0.4) is 0 Å². The Morgan fingerprint density at radius 2 is 1.70 bits per heavy atom. The van der Waals surface area contributed by atoms with Crippen LogP contribution >= 0.6 is 0 Å². The molecule has 1 heterocycles. The Morgan fingerprint density at radius 1 is 0.939 bits per heavy atom. The molecule has 0 aromatic heterocycles. The first kappa shape index (κ1) is 23.5. The Kier molecular flexibility index (Phi) is 7.53. The standard InChI is InChI=1S/C25H37N5O3/c1-17(31)27-22-16-19(24(32)28-21-9-7-20(26)8-10-21)6-11-23(22)29-12-3-13-30(15-14-29)25(33)18-4-2-5-18/h6,11,16,18,20-21H,2-5,7-10,12-15,26H2,1H3,(H,27,31)(H,28,32). The molecule has 3 amide bonds. The Morgan fingerprint density at radius 3 is 2.36 bits per heavy atom. The van der Waals surface area contributed by atoms with E-state index in [1.807, 2.05) is 17.0 Å². The third-order valence-electron chi connectivity index (χ3n) is 7.28. The van der Waals surface area contributed by atoms with Gasteiger partial charge < -0.3 is 26.2 Å². The van der Waals surface area contributed by atoms with Crippen LogP contribution in [0.1, 0.15) is 68.6 Å². The molecule has 0 bridgehead atoms. The number of benzene rings is 1. The summed E-state index contributed by atoms with van der Waals surface area (Å²) in [6.07, 6.45) is 7.72. The lowest BCUT2D eigenvalue weighted by atomic mass is 9.84. The molecule has 8 heteroatoms. The van der Waals surface area contributed by atoms with Crippen molar-refractivity contribution < 1.29 is 14.4 Å². The zero-order chi connectivity index (χ0) is 23.4. The third kappa shape index (κ3) is 5.85. The summed E-state index contributed by atoms with van der Waals surface area (Å²) < 4.78 is 0. The van der Waals surface area contributed by atoms with Crippen molar-refractivity contribution in [2.24, 2.45) is 11.7 Å². The van der Waals surface area contributed by atoms with Crippen molar-refractivity contribution in [2.75, 3.05) is 36.4 Å². The predicted molar refractivity (Wildman–Crippen MR) is 129 cm³/mol. The maximum Gasteiger partial charge on any atom is 0.251 e. The van der Waals surface area contributed by atoms with Crippen LogP contribution in [0, 0.1) is 5.92 Å². The van der Waals surface area contributed by atoms with Crippen LogP contribution in [0.4, 0.5) is 11.4 Å². The SMILES string of the molecule is CC(=O)Nc1cc(C(=O)NC2CCC(N)CC2)ccc1N1CCCN(C(=O)C2CCC2)CC1. The average Bonchev–Trinajstić information content (AvgIpc) is 3.00. The summed E-state index contributed by atoms with van der Waals surface area (Å²) in [6.45, 7) is 4.44. The second-order valence-electron chi connectivity index (χ2n) is 9.79. The van der Waals surface area contributed by atoms with Gasteiger partial charge in [-0.05, 0) is 63.1 Å². The van der Waals surface area contributed by atoms with Gasteiger partial charge >= 0.3 is 0 Å². The molecule has 0 unspecified atom stereocenters. The zero-order valence-electron chi connectivity index (χ0n) is 19.6. The van der Waals surface area contributed by atoms with Gasteiger partial charge in [0.15, 0.2) is 0 Å². The summed E-state index contributed by atoms with van der Waals surface area (Å²) >= 11 is 0. The lowest BCUT2D eigenvalue weighted by Gasteiger charge is -2.31. The number of nitrogens with zero attached hydrogens (tertiary/aromatic N) is 2. The number of nitrogens with one attached hydrogen (secondary N) is 2. The molecule has 4 rings (SSSR count). The number of hydrogen-bond acceptors (Lipinski definition) is 5. The molecular weight excluding hydrogens is 418 g/mol. The molecule has 3 fully saturated rings. The van der Waals surface area contributed by atoms with Gasteiger partial charge in [-0.15, -0.1) is 0 Å². The van der Waals surface area contributed by atoms with Gasteiger partial charge in [0, 0.05) is 56.7 Å². The van der Waals surface area contributed by atoms with E-state index in [2.05, 4.69) is 15.5 Å². The maximum absolute atomic E-state index is 12.9. The van der Waals surface area contributed by atoms with Crippen molar-refractivity contribution in [1.29, 1.82) is 0 Å². The summed E-state index contributed by atoms with van der Waals surface area (Å²) in [6, 6.07) is 5.89. The Bertz CT molecular complexity index is 877. The average molecular weight is 456 g/mol. The van der Waals surface area contributed by atoms with Crippen LogP contribution in [-0.2, 0) is 9.59 Å². The first-order valence-electron chi connectivity index (χ1n) is 12.4. The highest BCUT2D eigenvalue weighted by atomic mass is 16.2. The van der Waals surface area contributed by atoms with Crippen molar-refractivity contribution in [3.8, 4) is 0 Å². The first-order chi connectivity index (χ1) is 15.9. The van der Waals surface area contributed by atoms with Gasteiger partial charge in [-0.2, -0.15) is 0 Å². The first-order valence-corrected chi connectivity index (χ1v) is 12.4. The molecule has 0 radical (unpaired) electrons. The zero-order valence-corrected chi connectivity index (χ0v) is 19.6. The molecule has 180 valence electrons. The Labute approximate surface area is 196 Å². The Hall–Kier alpha value is -2.61. The topological polar surface area (TPSA) is 108 Å². The van der Waals surface area contributed by atoms with Crippen molar-refractivity contribution >= 4 is 29.1 Å². The molecule has 0 spiro atoms. The summed E-state index contributed by atoms with van der Waals surface area (Å²) in [5, 5.41) is 6.03. The van der Waals surface area contributed by atoms with E-state index in [0.717, 1.165) is 70.1 Å². The van der Waals surface area contributed by atoms with Crippen molar-refractivity contribution in [3.05, 3.63) is 23.8 Å². The number of amides is 3. The number of anilines is 2. The van der Waals surface area contributed by atoms with E-state index in [-0.39, 0.29) is 29.8 Å².